The smallest absolute Gasteiger partial charge is 0.308 e. The number of para-hydroxylation sites is 1. The number of benzene rings is 1. The molecular weight excluding hydrogens is 218 g/mol. The van der Waals surface area contributed by atoms with E-state index in [1.165, 1.54) is 6.92 Å². The van der Waals surface area contributed by atoms with Crippen LogP contribution in [0.5, 0.6) is 11.5 Å². The molecule has 0 aliphatic carbocycles. The summed E-state index contributed by atoms with van der Waals surface area (Å²) in [5.41, 5.74) is 6.81. The van der Waals surface area contributed by atoms with Crippen molar-refractivity contribution in [3.8, 4) is 11.5 Å². The van der Waals surface area contributed by atoms with Crippen LogP contribution in [0.4, 0.5) is 0 Å². The van der Waals surface area contributed by atoms with Gasteiger partial charge < -0.3 is 15.2 Å². The van der Waals surface area contributed by atoms with Crippen LogP contribution in [0.15, 0.2) is 18.2 Å². The Balaban J connectivity index is 3.05. The Labute approximate surface area is 102 Å². The zero-order valence-electron chi connectivity index (χ0n) is 10.5. The summed E-state index contributed by atoms with van der Waals surface area (Å²) in [7, 11) is 1.55. The van der Waals surface area contributed by atoms with Crippen LogP contribution in [0.3, 0.4) is 0 Å². The van der Waals surface area contributed by atoms with Gasteiger partial charge in [-0.15, -0.1) is 0 Å². The van der Waals surface area contributed by atoms with E-state index in [0.717, 1.165) is 12.0 Å². The molecule has 0 radical (unpaired) electrons. The number of hydrogen-bond donors (Lipinski definition) is 1. The molecule has 94 valence electrons. The summed E-state index contributed by atoms with van der Waals surface area (Å²) in [6, 6.07) is 5.58. The molecule has 0 aromatic heterocycles. The first kappa shape index (κ1) is 13.5. The number of ether oxygens (including phenoxy) is 2. The van der Waals surface area contributed by atoms with E-state index in [1.807, 2.05) is 19.1 Å². The average molecular weight is 237 g/mol. The van der Waals surface area contributed by atoms with Crippen LogP contribution in [-0.4, -0.2) is 19.1 Å². The zero-order chi connectivity index (χ0) is 12.8. The van der Waals surface area contributed by atoms with Gasteiger partial charge in [-0.25, -0.2) is 0 Å². The van der Waals surface area contributed by atoms with Crippen LogP contribution in [0.1, 0.15) is 25.8 Å². The summed E-state index contributed by atoms with van der Waals surface area (Å²) in [6.45, 7) is 3.40. The summed E-state index contributed by atoms with van der Waals surface area (Å²) in [5, 5.41) is 0. The third-order valence-electron chi connectivity index (χ3n) is 2.53. The number of hydrogen-bond acceptors (Lipinski definition) is 4. The monoisotopic (exact) mass is 237 g/mol. The van der Waals surface area contributed by atoms with Gasteiger partial charge in [0, 0.05) is 18.5 Å². The summed E-state index contributed by atoms with van der Waals surface area (Å²) < 4.78 is 10.4. The van der Waals surface area contributed by atoms with E-state index < -0.39 is 0 Å². The van der Waals surface area contributed by atoms with Gasteiger partial charge in [-0.05, 0) is 18.9 Å². The minimum absolute atomic E-state index is 0.0522. The molecule has 0 fully saturated rings. The van der Waals surface area contributed by atoms with Gasteiger partial charge in [0.15, 0.2) is 11.5 Å². The lowest BCUT2D eigenvalue weighted by molar-refractivity contribution is -0.132. The molecule has 1 aromatic carbocycles. The maximum absolute atomic E-state index is 11.1. The van der Waals surface area contributed by atoms with Crippen molar-refractivity contribution in [2.24, 2.45) is 5.73 Å². The van der Waals surface area contributed by atoms with Gasteiger partial charge in [-0.2, -0.15) is 0 Å². The maximum atomic E-state index is 11.1. The Morgan fingerprint density at radius 2 is 2.18 bits per heavy atom. The summed E-state index contributed by atoms with van der Waals surface area (Å²) >= 11 is 0. The standard InChI is InChI=1S/C13H19NO3/c1-4-11(14)8-10-6-5-7-12(16-3)13(10)17-9(2)15/h5-7,11H,4,8,14H2,1-3H3. The predicted molar refractivity (Wildman–Crippen MR) is 66.3 cm³/mol. The van der Waals surface area contributed by atoms with Crippen molar-refractivity contribution in [2.45, 2.75) is 32.7 Å². The molecular formula is C13H19NO3. The lowest BCUT2D eigenvalue weighted by atomic mass is 10.0. The zero-order valence-corrected chi connectivity index (χ0v) is 10.5. The molecule has 0 bridgehead atoms. The van der Waals surface area contributed by atoms with E-state index in [9.17, 15) is 4.79 Å². The van der Waals surface area contributed by atoms with Crippen molar-refractivity contribution in [2.75, 3.05) is 7.11 Å². The molecule has 0 saturated carbocycles. The van der Waals surface area contributed by atoms with Gasteiger partial charge >= 0.3 is 5.97 Å². The number of nitrogens with two attached hydrogens (primary N) is 1. The third-order valence-corrected chi connectivity index (χ3v) is 2.53. The Kier molecular flexibility index (Phi) is 4.97. The predicted octanol–water partition coefficient (Wildman–Crippen LogP) is 1.90. The molecule has 17 heavy (non-hydrogen) atoms. The first-order chi connectivity index (χ1) is 8.08. The molecule has 0 aliphatic rings. The quantitative estimate of drug-likeness (QED) is 0.627. The minimum Gasteiger partial charge on any atom is -0.493 e. The molecule has 0 amide bonds. The molecule has 4 heteroatoms. The Morgan fingerprint density at radius 3 is 2.71 bits per heavy atom. The molecule has 0 heterocycles. The van der Waals surface area contributed by atoms with Gasteiger partial charge in [0.1, 0.15) is 0 Å². The van der Waals surface area contributed by atoms with Crippen LogP contribution >= 0.6 is 0 Å². The summed E-state index contributed by atoms with van der Waals surface area (Å²) in [5.74, 6) is 0.674. The molecule has 4 nitrogen and oxygen atoms in total. The van der Waals surface area contributed by atoms with Gasteiger partial charge in [0.05, 0.1) is 7.11 Å². The highest BCUT2D eigenvalue weighted by Gasteiger charge is 2.14. The second kappa shape index (κ2) is 6.25. The minimum atomic E-state index is -0.360. The number of carbonyl (C=O) groups excluding carboxylic acids is 1. The van der Waals surface area contributed by atoms with Crippen LogP contribution in [0.2, 0.25) is 0 Å². The lowest BCUT2D eigenvalue weighted by Crippen LogP contribution is -2.22. The normalized spacial score (nSPS) is 12.0. The SMILES string of the molecule is CCC(N)Cc1cccc(OC)c1OC(C)=O. The molecule has 1 unspecified atom stereocenters. The molecule has 0 aliphatic heterocycles. The number of methoxy groups -OCH3 is 1. The fourth-order valence-electron chi connectivity index (χ4n) is 1.57. The van der Waals surface area contributed by atoms with Crippen molar-refractivity contribution in [1.82, 2.24) is 0 Å². The highest BCUT2D eigenvalue weighted by atomic mass is 16.6. The average Bonchev–Trinajstić information content (AvgIpc) is 2.30. The third kappa shape index (κ3) is 3.75. The fraction of sp³-hybridized carbons (Fsp3) is 0.462. The van der Waals surface area contributed by atoms with Crippen LogP contribution in [0.25, 0.3) is 0 Å². The van der Waals surface area contributed by atoms with E-state index >= 15 is 0 Å². The van der Waals surface area contributed by atoms with Crippen molar-refractivity contribution in [3.05, 3.63) is 23.8 Å². The molecule has 1 aromatic rings. The Hall–Kier alpha value is -1.55. The molecule has 1 rings (SSSR count). The Bertz CT molecular complexity index is 390. The molecule has 2 N–H and O–H groups in total. The van der Waals surface area contributed by atoms with Crippen molar-refractivity contribution < 1.29 is 14.3 Å². The maximum Gasteiger partial charge on any atom is 0.308 e. The second-order valence-electron chi connectivity index (χ2n) is 3.91. The second-order valence-corrected chi connectivity index (χ2v) is 3.91. The van der Waals surface area contributed by atoms with Gasteiger partial charge in [-0.1, -0.05) is 19.1 Å². The van der Waals surface area contributed by atoms with Gasteiger partial charge in [0.25, 0.3) is 0 Å². The molecule has 0 spiro atoms. The Morgan fingerprint density at radius 1 is 1.47 bits per heavy atom. The van der Waals surface area contributed by atoms with E-state index in [1.54, 1.807) is 13.2 Å². The van der Waals surface area contributed by atoms with E-state index in [2.05, 4.69) is 0 Å². The van der Waals surface area contributed by atoms with Crippen molar-refractivity contribution in [3.63, 3.8) is 0 Å². The largest absolute Gasteiger partial charge is 0.493 e. The van der Waals surface area contributed by atoms with Crippen LogP contribution in [-0.2, 0) is 11.2 Å². The van der Waals surface area contributed by atoms with Crippen molar-refractivity contribution >= 4 is 5.97 Å². The van der Waals surface area contributed by atoms with Crippen LogP contribution in [0, 0.1) is 0 Å². The van der Waals surface area contributed by atoms with Crippen molar-refractivity contribution in [1.29, 1.82) is 0 Å². The van der Waals surface area contributed by atoms with Gasteiger partial charge in [-0.3, -0.25) is 4.79 Å². The highest BCUT2D eigenvalue weighted by molar-refractivity contribution is 5.71. The van der Waals surface area contributed by atoms with Gasteiger partial charge in [0.2, 0.25) is 0 Å². The molecule has 1 atom stereocenters. The van der Waals surface area contributed by atoms with E-state index in [0.29, 0.717) is 17.9 Å². The highest BCUT2D eigenvalue weighted by Crippen LogP contribution is 2.32. The summed E-state index contributed by atoms with van der Waals surface area (Å²) in [4.78, 5) is 11.1. The fourth-order valence-corrected chi connectivity index (χ4v) is 1.57. The first-order valence-corrected chi connectivity index (χ1v) is 5.68. The van der Waals surface area contributed by atoms with E-state index in [-0.39, 0.29) is 12.0 Å². The number of rotatable bonds is 5. The topological polar surface area (TPSA) is 61.6 Å². The molecule has 0 saturated heterocycles. The van der Waals surface area contributed by atoms with E-state index in [4.69, 9.17) is 15.2 Å². The summed E-state index contributed by atoms with van der Waals surface area (Å²) in [6.07, 6.45) is 1.53. The lowest BCUT2D eigenvalue weighted by Gasteiger charge is -2.15. The van der Waals surface area contributed by atoms with Crippen LogP contribution < -0.4 is 15.2 Å². The number of carbonyl (C=O) groups is 1. The number of esters is 1. The first-order valence-electron chi connectivity index (χ1n) is 5.68.